The molecule has 8 nitrogen and oxygen atoms in total. The molecule has 0 radical (unpaired) electrons. The molecule has 0 saturated carbocycles. The number of halogens is 2. The van der Waals surface area contributed by atoms with Crippen molar-refractivity contribution in [3.63, 3.8) is 0 Å². The minimum absolute atomic E-state index is 0.000735. The van der Waals surface area contributed by atoms with E-state index < -0.39 is 29.8 Å². The zero-order valence-electron chi connectivity index (χ0n) is 15.7. The summed E-state index contributed by atoms with van der Waals surface area (Å²) in [6.07, 6.45) is 2.67. The third-order valence-electron chi connectivity index (χ3n) is 4.17. The molecule has 10 heteroatoms. The third kappa shape index (κ3) is 3.88. The molecule has 152 valence electrons. The predicted octanol–water partition coefficient (Wildman–Crippen LogP) is 2.91. The van der Waals surface area contributed by atoms with Gasteiger partial charge >= 0.3 is 5.69 Å². The highest BCUT2D eigenvalue weighted by Crippen LogP contribution is 2.22. The van der Waals surface area contributed by atoms with Crippen LogP contribution in [0, 0.1) is 18.6 Å². The largest absolute Gasteiger partial charge is 0.436 e. The normalized spacial score (nSPS) is 10.9. The monoisotopic (exact) mass is 411 g/mol. The quantitative estimate of drug-likeness (QED) is 0.545. The topological polar surface area (TPSA) is 90.5 Å². The molecule has 4 rings (SSSR count). The van der Waals surface area contributed by atoms with Crippen LogP contribution in [-0.4, -0.2) is 25.1 Å². The first-order valence-corrected chi connectivity index (χ1v) is 8.84. The van der Waals surface area contributed by atoms with Crippen LogP contribution in [0.1, 0.15) is 5.56 Å². The molecular formula is C20H15F2N5O3. The van der Waals surface area contributed by atoms with Gasteiger partial charge < -0.3 is 10.1 Å². The average molecular weight is 411 g/mol. The first-order chi connectivity index (χ1) is 14.4. The lowest BCUT2D eigenvalue weighted by Gasteiger charge is -2.06. The van der Waals surface area contributed by atoms with Gasteiger partial charge in [-0.05, 0) is 36.8 Å². The summed E-state index contributed by atoms with van der Waals surface area (Å²) in [5.74, 6) is -1.58. The van der Waals surface area contributed by atoms with Gasteiger partial charge in [-0.3, -0.25) is 4.79 Å². The number of hydrogen-bond acceptors (Lipinski definition) is 5. The summed E-state index contributed by atoms with van der Waals surface area (Å²) in [6, 6.07) is 9.77. The summed E-state index contributed by atoms with van der Waals surface area (Å²) in [7, 11) is 0. The predicted molar refractivity (Wildman–Crippen MR) is 103 cm³/mol. The Kier molecular flexibility index (Phi) is 4.97. The molecule has 0 bridgehead atoms. The van der Waals surface area contributed by atoms with Crippen molar-refractivity contribution in [3.05, 3.63) is 82.5 Å². The van der Waals surface area contributed by atoms with Crippen LogP contribution in [-0.2, 0) is 11.3 Å². The molecule has 0 unspecified atom stereocenters. The standard InChI is InChI=1S/C20H15F2N5O3/c1-12-5-6-16(15(22)9-12)24-17(28)11-27-20(29)26-8-7-23-19(18(26)25-27)30-14-4-2-3-13(21)10-14/h2-10H,11H2,1H3,(H,24,28). The Balaban J connectivity index is 1.60. The Hall–Kier alpha value is -4.08. The van der Waals surface area contributed by atoms with E-state index in [0.717, 1.165) is 15.1 Å². The molecule has 30 heavy (non-hydrogen) atoms. The molecule has 0 spiro atoms. The number of carbonyl (C=O) groups is 1. The number of nitrogens with one attached hydrogen (secondary N) is 1. The van der Waals surface area contributed by atoms with E-state index in [0.29, 0.717) is 5.56 Å². The van der Waals surface area contributed by atoms with E-state index in [1.54, 1.807) is 13.0 Å². The summed E-state index contributed by atoms with van der Waals surface area (Å²) >= 11 is 0. The number of ether oxygens (including phenoxy) is 1. The summed E-state index contributed by atoms with van der Waals surface area (Å²) in [4.78, 5) is 28.9. The Labute approximate surface area is 168 Å². The number of hydrogen-bond donors (Lipinski definition) is 1. The number of anilines is 1. The summed E-state index contributed by atoms with van der Waals surface area (Å²) in [5.41, 5.74) is 0.136. The molecule has 0 fully saturated rings. The minimum atomic E-state index is -0.635. The van der Waals surface area contributed by atoms with E-state index >= 15 is 0 Å². The van der Waals surface area contributed by atoms with E-state index in [9.17, 15) is 18.4 Å². The van der Waals surface area contributed by atoms with Crippen LogP contribution in [0.5, 0.6) is 11.6 Å². The van der Waals surface area contributed by atoms with Crippen LogP contribution in [0.4, 0.5) is 14.5 Å². The highest BCUT2D eigenvalue weighted by Gasteiger charge is 2.16. The molecule has 0 aliphatic rings. The molecule has 4 aromatic rings. The van der Waals surface area contributed by atoms with Crippen molar-refractivity contribution < 1.29 is 18.3 Å². The fraction of sp³-hybridized carbons (Fsp3) is 0.100. The van der Waals surface area contributed by atoms with Gasteiger partial charge in [0.1, 0.15) is 23.9 Å². The van der Waals surface area contributed by atoms with Gasteiger partial charge in [-0.1, -0.05) is 12.1 Å². The number of nitrogens with zero attached hydrogens (tertiary/aromatic N) is 4. The third-order valence-corrected chi connectivity index (χ3v) is 4.17. The van der Waals surface area contributed by atoms with Crippen molar-refractivity contribution >= 4 is 17.2 Å². The van der Waals surface area contributed by atoms with Crippen molar-refractivity contribution in [2.24, 2.45) is 0 Å². The SMILES string of the molecule is Cc1ccc(NC(=O)Cn2nc3c(Oc4cccc(F)c4)nccn3c2=O)c(F)c1. The number of fused-ring (bicyclic) bond motifs is 1. The van der Waals surface area contributed by atoms with E-state index in [1.165, 1.54) is 42.7 Å². The number of carbonyl (C=O) groups excluding carboxylic acids is 1. The summed E-state index contributed by atoms with van der Waals surface area (Å²) in [5, 5.41) is 6.49. The molecule has 1 amide bonds. The first kappa shape index (κ1) is 19.2. The van der Waals surface area contributed by atoms with E-state index in [-0.39, 0.29) is 23.0 Å². The minimum Gasteiger partial charge on any atom is -0.436 e. The van der Waals surface area contributed by atoms with Crippen molar-refractivity contribution in [3.8, 4) is 11.6 Å². The molecule has 2 heterocycles. The zero-order chi connectivity index (χ0) is 21.3. The Morgan fingerprint density at radius 3 is 2.80 bits per heavy atom. The van der Waals surface area contributed by atoms with E-state index in [1.807, 2.05) is 0 Å². The number of aryl methyl sites for hydroxylation is 1. The lowest BCUT2D eigenvalue weighted by Crippen LogP contribution is -2.28. The smallest absolute Gasteiger partial charge is 0.351 e. The summed E-state index contributed by atoms with van der Waals surface area (Å²) < 4.78 is 34.9. The van der Waals surface area contributed by atoms with E-state index in [4.69, 9.17) is 4.74 Å². The van der Waals surface area contributed by atoms with Crippen LogP contribution in [0.3, 0.4) is 0 Å². The van der Waals surface area contributed by atoms with Crippen LogP contribution in [0.2, 0.25) is 0 Å². The van der Waals surface area contributed by atoms with Gasteiger partial charge in [0.05, 0.1) is 5.69 Å². The van der Waals surface area contributed by atoms with Gasteiger partial charge in [-0.15, -0.1) is 5.10 Å². The fourth-order valence-corrected chi connectivity index (χ4v) is 2.79. The second-order valence-electron chi connectivity index (χ2n) is 6.46. The summed E-state index contributed by atoms with van der Waals surface area (Å²) in [6.45, 7) is 1.27. The second-order valence-corrected chi connectivity index (χ2v) is 6.46. The van der Waals surface area contributed by atoms with Gasteiger partial charge in [0.2, 0.25) is 11.6 Å². The maximum absolute atomic E-state index is 13.9. The second kappa shape index (κ2) is 7.74. The van der Waals surface area contributed by atoms with Gasteiger partial charge in [0, 0.05) is 18.5 Å². The Bertz CT molecular complexity index is 1320. The van der Waals surface area contributed by atoms with Crippen molar-refractivity contribution in [2.45, 2.75) is 13.5 Å². The molecule has 0 aliphatic heterocycles. The molecule has 2 aromatic carbocycles. The fourth-order valence-electron chi connectivity index (χ4n) is 2.79. The van der Waals surface area contributed by atoms with Crippen LogP contribution < -0.4 is 15.7 Å². The highest BCUT2D eigenvalue weighted by molar-refractivity contribution is 5.90. The first-order valence-electron chi connectivity index (χ1n) is 8.84. The van der Waals surface area contributed by atoms with Crippen LogP contribution in [0.15, 0.2) is 59.7 Å². The maximum Gasteiger partial charge on any atom is 0.351 e. The van der Waals surface area contributed by atoms with Crippen LogP contribution in [0.25, 0.3) is 5.65 Å². The molecule has 0 atom stereocenters. The average Bonchev–Trinajstić information content (AvgIpc) is 3.01. The Morgan fingerprint density at radius 1 is 1.20 bits per heavy atom. The van der Waals surface area contributed by atoms with Crippen molar-refractivity contribution in [1.29, 1.82) is 0 Å². The van der Waals surface area contributed by atoms with Gasteiger partial charge in [-0.2, -0.15) is 0 Å². The zero-order valence-corrected chi connectivity index (χ0v) is 15.7. The van der Waals surface area contributed by atoms with Crippen molar-refractivity contribution in [1.82, 2.24) is 19.2 Å². The highest BCUT2D eigenvalue weighted by atomic mass is 19.1. The van der Waals surface area contributed by atoms with E-state index in [2.05, 4.69) is 15.4 Å². The van der Waals surface area contributed by atoms with Gasteiger partial charge in [0.15, 0.2) is 0 Å². The lowest BCUT2D eigenvalue weighted by molar-refractivity contribution is -0.117. The van der Waals surface area contributed by atoms with Gasteiger partial charge in [0.25, 0.3) is 5.88 Å². The maximum atomic E-state index is 13.9. The molecule has 2 aromatic heterocycles. The van der Waals surface area contributed by atoms with Crippen LogP contribution >= 0.6 is 0 Å². The number of rotatable bonds is 5. The lowest BCUT2D eigenvalue weighted by atomic mass is 10.2. The number of aromatic nitrogens is 4. The molecular weight excluding hydrogens is 396 g/mol. The number of amides is 1. The Morgan fingerprint density at radius 2 is 2.03 bits per heavy atom. The molecule has 0 saturated heterocycles. The van der Waals surface area contributed by atoms with Crippen molar-refractivity contribution in [2.75, 3.05) is 5.32 Å². The number of benzene rings is 2. The van der Waals surface area contributed by atoms with Gasteiger partial charge in [-0.25, -0.2) is 27.6 Å². The molecule has 1 N–H and O–H groups in total. The molecule has 0 aliphatic carbocycles.